The van der Waals surface area contributed by atoms with Gasteiger partial charge in [-0.25, -0.2) is 0 Å². The number of halogens is 3. The molecule has 10 heavy (non-hydrogen) atoms. The second-order valence-electron chi connectivity index (χ2n) is 1.60. The first-order valence-electron chi connectivity index (χ1n) is 2.46. The van der Waals surface area contributed by atoms with Crippen LogP contribution in [0.15, 0.2) is 4.99 Å². The van der Waals surface area contributed by atoms with Gasteiger partial charge in [0.25, 0.3) is 0 Å². The highest BCUT2D eigenvalue weighted by atomic mass is 32.2. The highest BCUT2D eigenvalue weighted by molar-refractivity contribution is 8.12. The Morgan fingerprint density at radius 3 is 2.70 bits per heavy atom. The fourth-order valence-electron chi connectivity index (χ4n) is 0.497. The Bertz CT molecular complexity index is 138. The van der Waals surface area contributed by atoms with Gasteiger partial charge in [-0.3, -0.25) is 9.73 Å². The molecule has 1 rings (SSSR count). The normalized spacial score (nSPS) is 25.7. The monoisotopic (exact) mass is 171 g/mol. The molecule has 0 saturated heterocycles. The van der Waals surface area contributed by atoms with E-state index in [0.717, 1.165) is 11.8 Å². The van der Waals surface area contributed by atoms with E-state index in [4.69, 9.17) is 0 Å². The molecule has 1 heterocycles. The lowest BCUT2D eigenvalue weighted by Crippen LogP contribution is -2.21. The van der Waals surface area contributed by atoms with E-state index in [1.165, 1.54) is 5.55 Å². The highest BCUT2D eigenvalue weighted by Gasteiger charge is 2.34. The minimum absolute atomic E-state index is 0.0875. The number of nitrogens with zero attached hydrogens (tertiary/aromatic N) is 1. The molecule has 0 spiro atoms. The molecule has 58 valence electrons. The molecule has 0 amide bonds. The lowest BCUT2D eigenvalue weighted by molar-refractivity contribution is -0.328. The second kappa shape index (κ2) is 2.79. The summed E-state index contributed by atoms with van der Waals surface area (Å²) < 4.78 is 37.9. The van der Waals surface area contributed by atoms with Gasteiger partial charge in [0, 0.05) is 0 Å². The first-order chi connectivity index (χ1) is 4.58. The van der Waals surface area contributed by atoms with Gasteiger partial charge in [-0.15, -0.1) is 13.2 Å². The summed E-state index contributed by atoms with van der Waals surface area (Å²) >= 11 is 0.935. The SMILES string of the molecule is FC(F)(F)OC1CN=CS1. The van der Waals surface area contributed by atoms with Crippen LogP contribution in [0.1, 0.15) is 0 Å². The smallest absolute Gasteiger partial charge is 0.283 e. The molecule has 1 aliphatic rings. The van der Waals surface area contributed by atoms with E-state index in [-0.39, 0.29) is 6.54 Å². The molecule has 1 unspecified atom stereocenters. The van der Waals surface area contributed by atoms with E-state index in [1.807, 2.05) is 0 Å². The Kier molecular flexibility index (Phi) is 2.20. The van der Waals surface area contributed by atoms with Crippen LogP contribution in [0.3, 0.4) is 0 Å². The van der Waals surface area contributed by atoms with Crippen molar-refractivity contribution in [3.05, 3.63) is 0 Å². The van der Waals surface area contributed by atoms with Crippen molar-refractivity contribution in [2.45, 2.75) is 11.8 Å². The fourth-order valence-corrected chi connectivity index (χ4v) is 1.14. The van der Waals surface area contributed by atoms with Crippen LogP contribution >= 0.6 is 11.8 Å². The third-order valence-electron chi connectivity index (χ3n) is 0.807. The second-order valence-corrected chi connectivity index (χ2v) is 2.61. The van der Waals surface area contributed by atoms with Crippen molar-refractivity contribution in [3.63, 3.8) is 0 Å². The number of hydrogen-bond donors (Lipinski definition) is 0. The molecular weight excluding hydrogens is 167 g/mol. The molecule has 0 radical (unpaired) electrons. The number of aliphatic imine (C=N–C) groups is 1. The maximum Gasteiger partial charge on any atom is 0.523 e. The van der Waals surface area contributed by atoms with Crippen LogP contribution in [0.5, 0.6) is 0 Å². The Morgan fingerprint density at radius 2 is 2.30 bits per heavy atom. The van der Waals surface area contributed by atoms with Crippen molar-refractivity contribution in [2.75, 3.05) is 6.54 Å². The summed E-state index contributed by atoms with van der Waals surface area (Å²) in [5.74, 6) is 0. The topological polar surface area (TPSA) is 21.6 Å². The molecule has 0 saturated carbocycles. The molecule has 0 aliphatic carbocycles. The minimum Gasteiger partial charge on any atom is -0.283 e. The molecule has 0 aromatic heterocycles. The van der Waals surface area contributed by atoms with Crippen LogP contribution in [0.4, 0.5) is 13.2 Å². The third kappa shape index (κ3) is 2.57. The maximum absolute atomic E-state index is 11.4. The number of alkyl halides is 3. The summed E-state index contributed by atoms with van der Waals surface area (Å²) in [7, 11) is 0. The van der Waals surface area contributed by atoms with Gasteiger partial charge in [0.05, 0.1) is 12.1 Å². The van der Waals surface area contributed by atoms with E-state index >= 15 is 0 Å². The summed E-state index contributed by atoms with van der Waals surface area (Å²) in [4.78, 5) is 3.56. The van der Waals surface area contributed by atoms with Gasteiger partial charge in [0.15, 0.2) is 0 Å². The van der Waals surface area contributed by atoms with Crippen LogP contribution < -0.4 is 0 Å². The van der Waals surface area contributed by atoms with Crippen molar-refractivity contribution < 1.29 is 17.9 Å². The van der Waals surface area contributed by atoms with Gasteiger partial charge in [-0.2, -0.15) is 0 Å². The number of rotatable bonds is 1. The van der Waals surface area contributed by atoms with Gasteiger partial charge >= 0.3 is 6.36 Å². The van der Waals surface area contributed by atoms with E-state index < -0.39 is 11.8 Å². The molecule has 0 aromatic rings. The molecule has 0 bridgehead atoms. The van der Waals surface area contributed by atoms with Crippen LogP contribution in [0, 0.1) is 0 Å². The molecule has 1 atom stereocenters. The van der Waals surface area contributed by atoms with Gasteiger partial charge in [0.1, 0.15) is 5.44 Å². The van der Waals surface area contributed by atoms with Crippen molar-refractivity contribution in [2.24, 2.45) is 4.99 Å². The van der Waals surface area contributed by atoms with Gasteiger partial charge in [-0.1, -0.05) is 11.8 Å². The third-order valence-corrected chi connectivity index (χ3v) is 1.63. The van der Waals surface area contributed by atoms with E-state index in [1.54, 1.807) is 0 Å². The van der Waals surface area contributed by atoms with Crippen LogP contribution in [-0.4, -0.2) is 23.9 Å². The average Bonchev–Trinajstić information content (AvgIpc) is 2.12. The summed E-state index contributed by atoms with van der Waals surface area (Å²) in [6, 6.07) is 0. The minimum atomic E-state index is -4.54. The number of hydrogen-bond acceptors (Lipinski definition) is 3. The lowest BCUT2D eigenvalue weighted by Gasteiger charge is -2.10. The van der Waals surface area contributed by atoms with E-state index in [2.05, 4.69) is 9.73 Å². The van der Waals surface area contributed by atoms with Gasteiger partial charge < -0.3 is 0 Å². The van der Waals surface area contributed by atoms with Crippen LogP contribution in [0.2, 0.25) is 0 Å². The summed E-state index contributed by atoms with van der Waals surface area (Å²) in [6.07, 6.45) is -4.54. The molecule has 1 aliphatic heterocycles. The van der Waals surface area contributed by atoms with Crippen molar-refractivity contribution in [3.8, 4) is 0 Å². The first kappa shape index (κ1) is 7.87. The summed E-state index contributed by atoms with van der Waals surface area (Å²) in [5.41, 5.74) is 0.483. The Hall–Kier alpha value is -0.230. The Balaban J connectivity index is 2.26. The maximum atomic E-state index is 11.4. The quantitative estimate of drug-likeness (QED) is 0.598. The summed E-state index contributed by atoms with van der Waals surface area (Å²) in [6.45, 7) is 0.0875. The molecule has 2 nitrogen and oxygen atoms in total. The molecular formula is C4H4F3NOS. The largest absolute Gasteiger partial charge is 0.523 e. The number of ether oxygens (including phenoxy) is 1. The van der Waals surface area contributed by atoms with Crippen molar-refractivity contribution >= 4 is 17.3 Å². The van der Waals surface area contributed by atoms with E-state index in [0.29, 0.717) is 0 Å². The predicted molar refractivity (Wildman–Crippen MR) is 31.9 cm³/mol. The summed E-state index contributed by atoms with van der Waals surface area (Å²) in [5, 5.41) is 0. The van der Waals surface area contributed by atoms with Crippen molar-refractivity contribution in [1.82, 2.24) is 0 Å². The Labute approximate surface area is 59.5 Å². The average molecular weight is 171 g/mol. The molecule has 0 aromatic carbocycles. The zero-order chi connectivity index (χ0) is 7.61. The van der Waals surface area contributed by atoms with Crippen LogP contribution in [-0.2, 0) is 4.74 Å². The van der Waals surface area contributed by atoms with Gasteiger partial charge in [0.2, 0.25) is 0 Å². The molecule has 0 N–H and O–H groups in total. The van der Waals surface area contributed by atoms with Gasteiger partial charge in [-0.05, 0) is 0 Å². The molecule has 0 fully saturated rings. The Morgan fingerprint density at radius 1 is 1.60 bits per heavy atom. The first-order valence-corrected chi connectivity index (χ1v) is 3.40. The standard InChI is InChI=1S/C4H4F3NOS/c5-4(6,7)9-3-1-8-2-10-3/h2-3H,1H2. The predicted octanol–water partition coefficient (Wildman–Crippen LogP) is 1.62. The zero-order valence-electron chi connectivity index (χ0n) is 4.76. The fraction of sp³-hybridized carbons (Fsp3) is 0.750. The zero-order valence-corrected chi connectivity index (χ0v) is 5.58. The molecule has 6 heteroatoms. The van der Waals surface area contributed by atoms with Crippen molar-refractivity contribution in [1.29, 1.82) is 0 Å². The lowest BCUT2D eigenvalue weighted by atomic mass is 10.7. The highest BCUT2D eigenvalue weighted by Crippen LogP contribution is 2.25. The van der Waals surface area contributed by atoms with Crippen LogP contribution in [0.25, 0.3) is 0 Å². The van der Waals surface area contributed by atoms with E-state index in [9.17, 15) is 13.2 Å². The number of thioether (sulfide) groups is 1.